The van der Waals surface area contributed by atoms with Gasteiger partial charge >= 0.3 is 5.97 Å². The molecule has 1 heterocycles. The molecule has 1 aromatic heterocycles. The van der Waals surface area contributed by atoms with Gasteiger partial charge in [-0.15, -0.1) is 0 Å². The monoisotopic (exact) mass is 647 g/mol. The first-order chi connectivity index (χ1) is 18.3. The van der Waals surface area contributed by atoms with Gasteiger partial charge in [-0.1, -0.05) is 31.4 Å². The maximum atomic E-state index is 13.5. The van der Waals surface area contributed by atoms with Gasteiger partial charge in [0.15, 0.2) is 17.6 Å². The number of halogens is 2. The van der Waals surface area contributed by atoms with Crippen LogP contribution in [0.5, 0.6) is 11.5 Å². The fourth-order valence-electron chi connectivity index (χ4n) is 4.55. The first-order valence-corrected chi connectivity index (χ1v) is 14.5. The molecular formula is C28H31Br2N3O5. The number of rotatable bonds is 9. The van der Waals surface area contributed by atoms with Gasteiger partial charge in [0.05, 0.1) is 34.8 Å². The molecule has 0 N–H and O–H groups in total. The molecular weight excluding hydrogens is 618 g/mol. The summed E-state index contributed by atoms with van der Waals surface area (Å²) in [6, 6.07) is 9.13. The summed E-state index contributed by atoms with van der Waals surface area (Å²) in [5.74, 6) is 1.18. The molecule has 3 aromatic rings. The molecule has 1 atom stereocenters. The van der Waals surface area contributed by atoms with Gasteiger partial charge in [0.2, 0.25) is 0 Å². The van der Waals surface area contributed by atoms with Crippen molar-refractivity contribution in [3.8, 4) is 11.5 Å². The van der Waals surface area contributed by atoms with Crippen LogP contribution in [0.2, 0.25) is 0 Å². The van der Waals surface area contributed by atoms with Crippen LogP contribution in [0.25, 0.3) is 10.9 Å². The zero-order chi connectivity index (χ0) is 27.2. The van der Waals surface area contributed by atoms with E-state index < -0.39 is 12.1 Å². The van der Waals surface area contributed by atoms with Gasteiger partial charge in [-0.2, -0.15) is 9.78 Å². The second-order valence-corrected chi connectivity index (χ2v) is 10.6. The van der Waals surface area contributed by atoms with Crippen molar-refractivity contribution >= 4 is 54.9 Å². The predicted octanol–water partition coefficient (Wildman–Crippen LogP) is 6.58. The summed E-state index contributed by atoms with van der Waals surface area (Å²) in [6.45, 7) is 5.87. The Morgan fingerprint density at radius 3 is 2.61 bits per heavy atom. The molecule has 0 unspecified atom stereocenters. The molecule has 0 radical (unpaired) electrons. The normalized spacial score (nSPS) is 15.1. The average Bonchev–Trinajstić information content (AvgIpc) is 2.93. The highest BCUT2D eigenvalue weighted by Gasteiger charge is 2.24. The van der Waals surface area contributed by atoms with Crippen LogP contribution in [-0.2, 0) is 9.53 Å². The van der Waals surface area contributed by atoms with Crippen molar-refractivity contribution in [3.05, 3.63) is 61.0 Å². The van der Waals surface area contributed by atoms with Gasteiger partial charge in [-0.3, -0.25) is 4.79 Å². The van der Waals surface area contributed by atoms with E-state index in [0.717, 1.165) is 25.7 Å². The number of carbonyl (C=O) groups is 1. The molecule has 1 saturated carbocycles. The van der Waals surface area contributed by atoms with Crippen LogP contribution in [0, 0.1) is 0 Å². The minimum Gasteiger partial charge on any atom is -0.490 e. The number of ether oxygens (including phenoxy) is 3. The highest BCUT2D eigenvalue weighted by atomic mass is 79.9. The maximum Gasteiger partial charge on any atom is 0.347 e. The molecule has 0 saturated heterocycles. The summed E-state index contributed by atoms with van der Waals surface area (Å²) in [5.41, 5.74) is 1.14. The van der Waals surface area contributed by atoms with Crippen molar-refractivity contribution in [3.63, 3.8) is 0 Å². The third-order valence-electron chi connectivity index (χ3n) is 6.43. The van der Waals surface area contributed by atoms with Crippen LogP contribution in [0.1, 0.15) is 70.2 Å². The molecule has 1 aliphatic carbocycles. The zero-order valence-corrected chi connectivity index (χ0v) is 24.9. The van der Waals surface area contributed by atoms with E-state index in [1.807, 2.05) is 25.1 Å². The zero-order valence-electron chi connectivity index (χ0n) is 21.7. The lowest BCUT2D eigenvalue weighted by molar-refractivity contribution is -0.150. The van der Waals surface area contributed by atoms with Gasteiger partial charge < -0.3 is 14.2 Å². The lowest BCUT2D eigenvalue weighted by Gasteiger charge is -2.23. The summed E-state index contributed by atoms with van der Waals surface area (Å²) in [4.78, 5) is 30.6. The second kappa shape index (κ2) is 12.9. The average molecular weight is 649 g/mol. The van der Waals surface area contributed by atoms with Gasteiger partial charge in [0.25, 0.3) is 5.56 Å². The number of fused-ring (bicyclic) bond motifs is 1. The van der Waals surface area contributed by atoms with Crippen LogP contribution in [0.15, 0.2) is 49.2 Å². The molecule has 0 amide bonds. The molecule has 8 nitrogen and oxygen atoms in total. The Hall–Kier alpha value is -2.72. The number of nitrogens with zero attached hydrogens (tertiary/aromatic N) is 3. The quantitative estimate of drug-likeness (QED) is 0.192. The summed E-state index contributed by atoms with van der Waals surface area (Å²) >= 11 is 7.18. The Labute approximate surface area is 238 Å². The molecule has 202 valence electrons. The van der Waals surface area contributed by atoms with E-state index in [1.165, 1.54) is 11.1 Å². The largest absolute Gasteiger partial charge is 0.490 e. The Morgan fingerprint density at radius 1 is 1.16 bits per heavy atom. The molecule has 4 rings (SSSR count). The van der Waals surface area contributed by atoms with Gasteiger partial charge in [0, 0.05) is 16.0 Å². The smallest absolute Gasteiger partial charge is 0.347 e. The lowest BCUT2D eigenvalue weighted by Crippen LogP contribution is -2.26. The maximum absolute atomic E-state index is 13.5. The van der Waals surface area contributed by atoms with Crippen LogP contribution in [-0.4, -0.2) is 41.2 Å². The number of hydrogen-bond acceptors (Lipinski definition) is 7. The number of aromatic nitrogens is 2. The third kappa shape index (κ3) is 6.12. The van der Waals surface area contributed by atoms with E-state index >= 15 is 0 Å². The first-order valence-electron chi connectivity index (χ1n) is 12.9. The van der Waals surface area contributed by atoms with E-state index in [2.05, 4.69) is 37.0 Å². The fourth-order valence-corrected chi connectivity index (χ4v) is 5.47. The highest BCUT2D eigenvalue weighted by Crippen LogP contribution is 2.43. The minimum absolute atomic E-state index is 0.174. The van der Waals surface area contributed by atoms with Gasteiger partial charge in [-0.05, 0) is 83.7 Å². The highest BCUT2D eigenvalue weighted by molar-refractivity contribution is 9.13. The molecule has 10 heteroatoms. The number of para-hydroxylation sites is 1. The van der Waals surface area contributed by atoms with Crippen molar-refractivity contribution < 1.29 is 19.0 Å². The molecule has 0 aliphatic heterocycles. The predicted molar refractivity (Wildman–Crippen MR) is 155 cm³/mol. The van der Waals surface area contributed by atoms with Crippen molar-refractivity contribution in [1.82, 2.24) is 9.66 Å². The molecule has 0 bridgehead atoms. The molecule has 0 spiro atoms. The summed E-state index contributed by atoms with van der Waals surface area (Å²) in [5, 5.41) is 5.17. The van der Waals surface area contributed by atoms with Crippen molar-refractivity contribution in [2.75, 3.05) is 13.2 Å². The number of benzene rings is 2. The molecule has 1 aliphatic rings. The molecule has 2 aromatic carbocycles. The standard InChI is InChI=1S/C28H31Br2N3O5/c1-4-36-22-15-19(23(29)24(30)25(22)38-17(3)28(35)37-5-2)16-31-33-26(18-11-7-6-8-12-18)32-21-14-10-9-13-20(21)27(33)34/h9-10,13-18H,4-8,11-12H2,1-3H3/t17-/m1/s1. The second-order valence-electron chi connectivity index (χ2n) is 9.05. The Morgan fingerprint density at radius 2 is 1.89 bits per heavy atom. The van der Waals surface area contributed by atoms with Gasteiger partial charge in [0.1, 0.15) is 5.82 Å². The van der Waals surface area contributed by atoms with Gasteiger partial charge in [-0.25, -0.2) is 9.78 Å². The Kier molecular flexibility index (Phi) is 9.59. The Balaban J connectivity index is 1.77. The van der Waals surface area contributed by atoms with Crippen LogP contribution in [0.3, 0.4) is 0 Å². The summed E-state index contributed by atoms with van der Waals surface area (Å²) in [7, 11) is 0. The van der Waals surface area contributed by atoms with E-state index in [9.17, 15) is 9.59 Å². The van der Waals surface area contributed by atoms with E-state index in [-0.39, 0.29) is 18.1 Å². The molecule has 1 fully saturated rings. The van der Waals surface area contributed by atoms with Crippen molar-refractivity contribution in [2.24, 2.45) is 5.10 Å². The van der Waals surface area contributed by atoms with E-state index in [0.29, 0.717) is 49.3 Å². The topological polar surface area (TPSA) is 92.0 Å². The lowest BCUT2D eigenvalue weighted by atomic mass is 9.88. The number of carbonyl (C=O) groups excluding carboxylic acids is 1. The van der Waals surface area contributed by atoms with Crippen LogP contribution < -0.4 is 15.0 Å². The fraction of sp³-hybridized carbons (Fsp3) is 0.429. The summed E-state index contributed by atoms with van der Waals surface area (Å²) in [6.07, 6.45) is 6.15. The van der Waals surface area contributed by atoms with E-state index in [4.69, 9.17) is 19.2 Å². The molecule has 38 heavy (non-hydrogen) atoms. The van der Waals surface area contributed by atoms with Crippen molar-refractivity contribution in [1.29, 1.82) is 0 Å². The minimum atomic E-state index is -0.836. The SMILES string of the molecule is CCOC(=O)[C@@H](C)Oc1c(OCC)cc(C=Nn2c(C3CCCCC3)nc3ccccc3c2=O)c(Br)c1Br. The van der Waals surface area contributed by atoms with Crippen LogP contribution >= 0.6 is 31.9 Å². The number of esters is 1. The Bertz CT molecular complexity index is 1400. The van der Waals surface area contributed by atoms with Crippen molar-refractivity contribution in [2.45, 2.75) is 64.9 Å². The van der Waals surface area contributed by atoms with Crippen LogP contribution in [0.4, 0.5) is 0 Å². The first kappa shape index (κ1) is 28.3. The third-order valence-corrected chi connectivity index (χ3v) is 8.57. The summed E-state index contributed by atoms with van der Waals surface area (Å²) < 4.78 is 19.5. The van der Waals surface area contributed by atoms with E-state index in [1.54, 1.807) is 32.2 Å². The number of hydrogen-bond donors (Lipinski definition) is 0.